The van der Waals surface area contributed by atoms with Gasteiger partial charge in [0.05, 0.1) is 6.61 Å². The predicted molar refractivity (Wildman–Crippen MR) is 112 cm³/mol. The minimum atomic E-state index is -0.925. The molecule has 0 bridgehead atoms. The van der Waals surface area contributed by atoms with Gasteiger partial charge in [-0.2, -0.15) is 0 Å². The Morgan fingerprint density at radius 3 is 2.52 bits per heavy atom. The Labute approximate surface area is 176 Å². The number of fused-ring (bicyclic) bond motifs is 1. The zero-order valence-corrected chi connectivity index (χ0v) is 17.5. The molecule has 1 N–H and O–H groups in total. The summed E-state index contributed by atoms with van der Waals surface area (Å²) in [4.78, 5) is 16.3. The molecule has 4 rings (SSSR count). The molecule has 0 saturated heterocycles. The van der Waals surface area contributed by atoms with Gasteiger partial charge in [-0.15, -0.1) is 0 Å². The fraction of sp³-hybridized carbons (Fsp3) is 0.182. The molecule has 0 fully saturated rings. The molecule has 0 unspecified atom stereocenters. The van der Waals surface area contributed by atoms with Crippen LogP contribution in [0.15, 0.2) is 53.1 Å². The van der Waals surface area contributed by atoms with E-state index in [1.54, 1.807) is 18.3 Å². The Bertz CT molecular complexity index is 1020. The van der Waals surface area contributed by atoms with Crippen molar-refractivity contribution in [3.8, 4) is 16.9 Å². The van der Waals surface area contributed by atoms with E-state index >= 15 is 0 Å². The highest BCUT2D eigenvalue weighted by Crippen LogP contribution is 2.39. The van der Waals surface area contributed by atoms with E-state index in [9.17, 15) is 13.6 Å². The normalized spacial score (nSPS) is 11.8. The lowest BCUT2D eigenvalue weighted by Gasteiger charge is -2.10. The average molecular weight is 461 g/mol. The van der Waals surface area contributed by atoms with Gasteiger partial charge in [0.15, 0.2) is 0 Å². The number of anilines is 1. The summed E-state index contributed by atoms with van der Waals surface area (Å²) >= 11 is 3.50. The zero-order valence-electron chi connectivity index (χ0n) is 15.9. The third-order valence-corrected chi connectivity index (χ3v) is 4.71. The number of nitrogens with zero attached hydrogens (tertiary/aromatic N) is 1. The summed E-state index contributed by atoms with van der Waals surface area (Å²) in [6.07, 6.45) is 2.43. The molecule has 1 aliphatic heterocycles. The van der Waals surface area contributed by atoms with Crippen LogP contribution in [0.5, 0.6) is 5.75 Å². The fourth-order valence-electron chi connectivity index (χ4n) is 3.00. The molecular weight excluding hydrogens is 442 g/mol. The Balaban J connectivity index is 0.00000117. The molecule has 29 heavy (non-hydrogen) atoms. The van der Waals surface area contributed by atoms with Crippen molar-refractivity contribution in [1.82, 2.24) is 4.98 Å². The van der Waals surface area contributed by atoms with Crippen LogP contribution in [0.2, 0.25) is 0 Å². The molecule has 7 heteroatoms. The first-order valence-electron chi connectivity index (χ1n) is 9.20. The van der Waals surface area contributed by atoms with Crippen LogP contribution < -0.4 is 10.1 Å². The monoisotopic (exact) mass is 460 g/mol. The van der Waals surface area contributed by atoms with E-state index in [2.05, 4.69) is 26.2 Å². The number of nitrogens with one attached hydrogen (secondary N) is 1. The highest BCUT2D eigenvalue weighted by atomic mass is 79.9. The molecule has 1 aliphatic rings. The second kappa shape index (κ2) is 9.13. The number of ether oxygens (including phenoxy) is 1. The topological polar surface area (TPSA) is 51.2 Å². The summed E-state index contributed by atoms with van der Waals surface area (Å²) in [6, 6.07) is 10.6. The first-order valence-corrected chi connectivity index (χ1v) is 9.99. The van der Waals surface area contributed by atoms with Crippen molar-refractivity contribution in [2.75, 3.05) is 11.9 Å². The van der Waals surface area contributed by atoms with Crippen molar-refractivity contribution in [3.63, 3.8) is 0 Å². The number of carbonyl (C=O) groups is 1. The molecular formula is C22H19BrF2N2O2. The number of pyridine rings is 1. The molecule has 150 valence electrons. The van der Waals surface area contributed by atoms with E-state index in [-0.39, 0.29) is 5.82 Å². The number of halogens is 3. The van der Waals surface area contributed by atoms with Gasteiger partial charge in [-0.1, -0.05) is 35.8 Å². The quantitative estimate of drug-likeness (QED) is 0.521. The number of carbonyl (C=O) groups excluding carboxylic acids is 1. The average Bonchev–Trinajstić information content (AvgIpc) is 3.18. The van der Waals surface area contributed by atoms with Crippen LogP contribution in [-0.2, 0) is 6.42 Å². The van der Waals surface area contributed by atoms with E-state index in [1.165, 1.54) is 6.07 Å². The number of amides is 1. The lowest BCUT2D eigenvalue weighted by atomic mass is 10.0. The van der Waals surface area contributed by atoms with Gasteiger partial charge in [0, 0.05) is 28.2 Å². The molecule has 0 radical (unpaired) electrons. The van der Waals surface area contributed by atoms with E-state index in [0.29, 0.717) is 6.61 Å². The van der Waals surface area contributed by atoms with E-state index < -0.39 is 23.1 Å². The van der Waals surface area contributed by atoms with Gasteiger partial charge in [-0.25, -0.2) is 13.8 Å². The van der Waals surface area contributed by atoms with Gasteiger partial charge in [-0.05, 0) is 42.0 Å². The van der Waals surface area contributed by atoms with Crippen molar-refractivity contribution < 1.29 is 18.3 Å². The molecule has 0 saturated carbocycles. The van der Waals surface area contributed by atoms with Gasteiger partial charge in [-0.3, -0.25) is 4.79 Å². The highest BCUT2D eigenvalue weighted by Gasteiger charge is 2.20. The van der Waals surface area contributed by atoms with Crippen LogP contribution in [0.4, 0.5) is 14.6 Å². The summed E-state index contributed by atoms with van der Waals surface area (Å²) in [5.74, 6) is -1.72. The summed E-state index contributed by atoms with van der Waals surface area (Å²) in [5.41, 5.74) is 2.18. The van der Waals surface area contributed by atoms with Gasteiger partial charge >= 0.3 is 0 Å². The minimum absolute atomic E-state index is 0.193. The molecule has 0 aliphatic carbocycles. The first kappa shape index (κ1) is 20.9. The summed E-state index contributed by atoms with van der Waals surface area (Å²) in [7, 11) is 0. The molecule has 3 aromatic rings. The number of hydrogen-bond donors (Lipinski definition) is 1. The third kappa shape index (κ3) is 4.45. The van der Waals surface area contributed by atoms with Crippen molar-refractivity contribution in [2.45, 2.75) is 20.3 Å². The second-order valence-electron chi connectivity index (χ2n) is 6.02. The number of benzene rings is 2. The van der Waals surface area contributed by atoms with Crippen LogP contribution in [0.1, 0.15) is 29.8 Å². The van der Waals surface area contributed by atoms with Crippen LogP contribution in [-0.4, -0.2) is 17.5 Å². The molecule has 1 amide bonds. The standard InChI is InChI=1S/C20H13BrF2N2O2.C2H6/c21-13-8-11-6-7-27-19(11)14(9-13)12-4-5-17(24-10-12)25-20(26)18-15(22)2-1-3-16(18)23;1-2/h1-5,8-10H,6-7H2,(H,24,25,26);1-2H3. The maximum atomic E-state index is 13.7. The van der Waals surface area contributed by atoms with Crippen LogP contribution in [0, 0.1) is 11.6 Å². The third-order valence-electron chi connectivity index (χ3n) is 4.25. The van der Waals surface area contributed by atoms with Crippen LogP contribution in [0.3, 0.4) is 0 Å². The first-order chi connectivity index (χ1) is 14.0. The number of aromatic nitrogens is 1. The maximum absolute atomic E-state index is 13.7. The van der Waals surface area contributed by atoms with Gasteiger partial charge in [0.25, 0.3) is 5.91 Å². The Morgan fingerprint density at radius 2 is 1.86 bits per heavy atom. The second-order valence-corrected chi connectivity index (χ2v) is 6.94. The highest BCUT2D eigenvalue weighted by molar-refractivity contribution is 9.10. The van der Waals surface area contributed by atoms with Crippen molar-refractivity contribution >= 4 is 27.7 Å². The van der Waals surface area contributed by atoms with Crippen molar-refractivity contribution in [2.24, 2.45) is 0 Å². The predicted octanol–water partition coefficient (Wildman–Crippen LogP) is 6.00. The van der Waals surface area contributed by atoms with Crippen LogP contribution >= 0.6 is 15.9 Å². The molecule has 1 aromatic heterocycles. The largest absolute Gasteiger partial charge is 0.492 e. The molecule has 0 atom stereocenters. The lowest BCUT2D eigenvalue weighted by molar-refractivity contribution is 0.101. The fourth-order valence-corrected chi connectivity index (χ4v) is 3.51. The summed E-state index contributed by atoms with van der Waals surface area (Å²) in [6.45, 7) is 4.63. The van der Waals surface area contributed by atoms with Crippen molar-refractivity contribution in [3.05, 3.63) is 75.9 Å². The van der Waals surface area contributed by atoms with E-state index in [0.717, 1.165) is 45.5 Å². The number of rotatable bonds is 3. The smallest absolute Gasteiger partial charge is 0.262 e. The van der Waals surface area contributed by atoms with Gasteiger partial charge in [0.1, 0.15) is 28.8 Å². The molecule has 2 aromatic carbocycles. The molecule has 4 nitrogen and oxygen atoms in total. The molecule has 2 heterocycles. The maximum Gasteiger partial charge on any atom is 0.262 e. The van der Waals surface area contributed by atoms with Crippen molar-refractivity contribution in [1.29, 1.82) is 0 Å². The molecule has 0 spiro atoms. The van der Waals surface area contributed by atoms with E-state index in [1.807, 2.05) is 26.0 Å². The number of hydrogen-bond acceptors (Lipinski definition) is 3. The zero-order chi connectivity index (χ0) is 21.0. The SMILES string of the molecule is CC.O=C(Nc1ccc(-c2cc(Br)cc3c2OCC3)cn1)c1c(F)cccc1F. The Morgan fingerprint density at radius 1 is 1.14 bits per heavy atom. The summed E-state index contributed by atoms with van der Waals surface area (Å²) < 4.78 is 34.1. The summed E-state index contributed by atoms with van der Waals surface area (Å²) in [5, 5.41) is 2.41. The van der Waals surface area contributed by atoms with Gasteiger partial charge in [0.2, 0.25) is 0 Å². The minimum Gasteiger partial charge on any atom is -0.492 e. The van der Waals surface area contributed by atoms with Gasteiger partial charge < -0.3 is 10.1 Å². The Kier molecular flexibility index (Phi) is 6.59. The van der Waals surface area contributed by atoms with E-state index in [4.69, 9.17) is 4.74 Å². The van der Waals surface area contributed by atoms with Crippen LogP contribution in [0.25, 0.3) is 11.1 Å². The Hall–Kier alpha value is -2.80. The lowest BCUT2D eigenvalue weighted by Crippen LogP contribution is -2.16.